The van der Waals surface area contributed by atoms with Crippen LogP contribution in [0, 0.1) is 20.8 Å². The lowest BCUT2D eigenvalue weighted by atomic mass is 10.1. The number of hydrogen-bond acceptors (Lipinski definition) is 6. The molecule has 0 spiro atoms. The molecular weight excluding hydrogens is 378 g/mol. The molecule has 4 rings (SSSR count). The molecule has 28 heavy (non-hydrogen) atoms. The first-order valence-electron chi connectivity index (χ1n) is 9.21. The number of benzene rings is 1. The van der Waals surface area contributed by atoms with Crippen molar-refractivity contribution in [1.82, 2.24) is 9.46 Å². The van der Waals surface area contributed by atoms with E-state index in [1.165, 1.54) is 21.5 Å². The lowest BCUT2D eigenvalue weighted by Crippen LogP contribution is -2.48. The van der Waals surface area contributed by atoms with Crippen molar-refractivity contribution in [3.8, 4) is 11.5 Å². The van der Waals surface area contributed by atoms with Crippen LogP contribution >= 0.6 is 0 Å². The summed E-state index contributed by atoms with van der Waals surface area (Å²) in [5.74, 6) is 0.770. The van der Waals surface area contributed by atoms with Crippen LogP contribution in [0.4, 0.5) is 5.69 Å². The Morgan fingerprint density at radius 3 is 2.39 bits per heavy atom. The van der Waals surface area contributed by atoms with Crippen LogP contribution in [-0.4, -0.2) is 44.1 Å². The quantitative estimate of drug-likeness (QED) is 0.667. The highest BCUT2D eigenvalue weighted by atomic mass is 32.2. The van der Waals surface area contributed by atoms with Gasteiger partial charge in [0.25, 0.3) is 10.0 Å². The number of anilines is 1. The second-order valence-electron chi connectivity index (χ2n) is 7.06. The molecule has 1 fully saturated rings. The second-order valence-corrected chi connectivity index (χ2v) is 8.93. The fraction of sp³-hybridized carbons (Fsp3) is 0.350. The number of rotatable bonds is 4. The van der Waals surface area contributed by atoms with Crippen LogP contribution in [-0.2, 0) is 10.0 Å². The number of aromatic nitrogens is 1. The summed E-state index contributed by atoms with van der Waals surface area (Å²) >= 11 is 0. The van der Waals surface area contributed by atoms with Crippen molar-refractivity contribution in [3.63, 3.8) is 0 Å². The van der Waals surface area contributed by atoms with Gasteiger partial charge in [0, 0.05) is 37.9 Å². The van der Waals surface area contributed by atoms with Crippen LogP contribution in [0.3, 0.4) is 0 Å². The number of hydrogen-bond donors (Lipinski definition) is 0. The summed E-state index contributed by atoms with van der Waals surface area (Å²) in [5.41, 5.74) is 4.34. The van der Waals surface area contributed by atoms with Crippen molar-refractivity contribution in [3.05, 3.63) is 53.2 Å². The molecule has 1 aromatic carbocycles. The third-order valence-corrected chi connectivity index (χ3v) is 6.97. The monoisotopic (exact) mass is 401 g/mol. The maximum atomic E-state index is 13.0. The van der Waals surface area contributed by atoms with Crippen LogP contribution in [0.5, 0.6) is 0 Å². The Labute approximate surface area is 164 Å². The third kappa shape index (κ3) is 3.33. The van der Waals surface area contributed by atoms with Gasteiger partial charge in [-0.15, -0.1) is 0 Å². The van der Waals surface area contributed by atoms with E-state index in [0.717, 1.165) is 5.69 Å². The van der Waals surface area contributed by atoms with Gasteiger partial charge in [-0.1, -0.05) is 17.3 Å². The van der Waals surface area contributed by atoms with Gasteiger partial charge in [-0.05, 0) is 50.1 Å². The first-order chi connectivity index (χ1) is 13.4. The van der Waals surface area contributed by atoms with E-state index in [1.54, 1.807) is 19.1 Å². The zero-order valence-electron chi connectivity index (χ0n) is 16.2. The van der Waals surface area contributed by atoms with E-state index in [9.17, 15) is 8.42 Å². The van der Waals surface area contributed by atoms with Crippen molar-refractivity contribution in [2.75, 3.05) is 31.1 Å². The summed E-state index contributed by atoms with van der Waals surface area (Å²) in [6.07, 6.45) is 0. The number of piperazine rings is 1. The lowest BCUT2D eigenvalue weighted by molar-refractivity contribution is 0.358. The highest BCUT2D eigenvalue weighted by Crippen LogP contribution is 2.29. The molecule has 8 heteroatoms. The Bertz CT molecular complexity index is 1090. The molecule has 3 aromatic rings. The molecule has 0 unspecified atom stereocenters. The van der Waals surface area contributed by atoms with Gasteiger partial charge in [-0.25, -0.2) is 8.42 Å². The van der Waals surface area contributed by atoms with Crippen LogP contribution in [0.2, 0.25) is 0 Å². The molecular formula is C20H23N3O4S. The first-order valence-corrected chi connectivity index (χ1v) is 10.6. The Morgan fingerprint density at radius 2 is 1.71 bits per heavy atom. The van der Waals surface area contributed by atoms with E-state index in [4.69, 9.17) is 8.94 Å². The molecule has 1 aliphatic rings. The highest BCUT2D eigenvalue weighted by Gasteiger charge is 2.31. The number of aryl methyl sites for hydroxylation is 2. The van der Waals surface area contributed by atoms with Crippen molar-refractivity contribution >= 4 is 15.7 Å². The SMILES string of the molecule is Cc1cc(-c2ccc(S(=O)(=O)N3CCN(c4cccc(C)c4C)CC3)o2)on1. The first kappa shape index (κ1) is 18.8. The molecule has 1 saturated heterocycles. The van der Waals surface area contributed by atoms with Gasteiger partial charge in [-0.3, -0.25) is 0 Å². The van der Waals surface area contributed by atoms with Crippen LogP contribution in [0.15, 0.2) is 50.4 Å². The van der Waals surface area contributed by atoms with Gasteiger partial charge in [0.2, 0.25) is 10.9 Å². The predicted molar refractivity (Wildman–Crippen MR) is 106 cm³/mol. The number of furan rings is 1. The number of sulfonamides is 1. The molecule has 0 N–H and O–H groups in total. The Morgan fingerprint density at radius 1 is 0.964 bits per heavy atom. The van der Waals surface area contributed by atoms with E-state index in [1.807, 2.05) is 6.07 Å². The van der Waals surface area contributed by atoms with Crippen LogP contribution in [0.1, 0.15) is 16.8 Å². The van der Waals surface area contributed by atoms with Gasteiger partial charge in [0.1, 0.15) is 0 Å². The van der Waals surface area contributed by atoms with Gasteiger partial charge >= 0.3 is 0 Å². The summed E-state index contributed by atoms with van der Waals surface area (Å²) in [5, 5.41) is 3.73. The summed E-state index contributed by atoms with van der Waals surface area (Å²) in [6, 6.07) is 11.0. The topological polar surface area (TPSA) is 79.8 Å². The molecule has 0 aliphatic carbocycles. The minimum atomic E-state index is -3.69. The molecule has 0 atom stereocenters. The predicted octanol–water partition coefficient (Wildman–Crippen LogP) is 3.37. The zero-order chi connectivity index (χ0) is 19.9. The fourth-order valence-corrected chi connectivity index (χ4v) is 4.78. The van der Waals surface area contributed by atoms with E-state index in [2.05, 4.69) is 36.0 Å². The summed E-state index contributed by atoms with van der Waals surface area (Å²) in [7, 11) is -3.69. The lowest BCUT2D eigenvalue weighted by Gasteiger charge is -2.35. The maximum absolute atomic E-state index is 13.0. The molecule has 0 radical (unpaired) electrons. The largest absolute Gasteiger partial charge is 0.440 e. The minimum Gasteiger partial charge on any atom is -0.440 e. The normalized spacial score (nSPS) is 15.9. The Balaban J connectivity index is 1.49. The van der Waals surface area contributed by atoms with Crippen LogP contribution in [0.25, 0.3) is 11.5 Å². The van der Waals surface area contributed by atoms with Gasteiger partial charge in [0.15, 0.2) is 5.76 Å². The summed E-state index contributed by atoms with van der Waals surface area (Å²) in [6.45, 7) is 8.08. The second kappa shape index (κ2) is 7.10. The molecule has 2 aromatic heterocycles. The van der Waals surface area contributed by atoms with Crippen molar-refractivity contribution < 1.29 is 17.4 Å². The van der Waals surface area contributed by atoms with Crippen LogP contribution < -0.4 is 4.90 Å². The number of nitrogens with zero attached hydrogens (tertiary/aromatic N) is 3. The van der Waals surface area contributed by atoms with Gasteiger partial charge in [-0.2, -0.15) is 4.31 Å². The fourth-order valence-electron chi connectivity index (χ4n) is 3.45. The van der Waals surface area contributed by atoms with Crippen molar-refractivity contribution in [1.29, 1.82) is 0 Å². The van der Waals surface area contributed by atoms with Gasteiger partial charge < -0.3 is 13.8 Å². The molecule has 1 aliphatic heterocycles. The van der Waals surface area contributed by atoms with Gasteiger partial charge in [0.05, 0.1) is 5.69 Å². The molecule has 148 valence electrons. The summed E-state index contributed by atoms with van der Waals surface area (Å²) in [4.78, 5) is 2.24. The standard InChI is InChI=1S/C20H23N3O4S/c1-14-5-4-6-17(16(14)3)22-9-11-23(12-10-22)28(24,25)20-8-7-18(26-20)19-13-15(2)21-27-19/h4-8,13H,9-12H2,1-3H3. The highest BCUT2D eigenvalue weighted by molar-refractivity contribution is 7.89. The average molecular weight is 401 g/mol. The van der Waals surface area contributed by atoms with E-state index in [-0.39, 0.29) is 5.09 Å². The Kier molecular flexibility index (Phi) is 4.76. The molecule has 7 nitrogen and oxygen atoms in total. The smallest absolute Gasteiger partial charge is 0.276 e. The van der Waals surface area contributed by atoms with Crippen molar-refractivity contribution in [2.45, 2.75) is 25.9 Å². The third-order valence-electron chi connectivity index (χ3n) is 5.20. The Hall–Kier alpha value is -2.58. The minimum absolute atomic E-state index is 0.0725. The van der Waals surface area contributed by atoms with E-state index in [0.29, 0.717) is 43.4 Å². The summed E-state index contributed by atoms with van der Waals surface area (Å²) < 4.78 is 38.1. The van der Waals surface area contributed by atoms with E-state index >= 15 is 0 Å². The average Bonchev–Trinajstić information content (AvgIpc) is 3.33. The molecule has 3 heterocycles. The van der Waals surface area contributed by atoms with E-state index < -0.39 is 10.0 Å². The molecule has 0 amide bonds. The molecule has 0 bridgehead atoms. The molecule has 0 saturated carbocycles. The van der Waals surface area contributed by atoms with Crippen molar-refractivity contribution in [2.24, 2.45) is 0 Å². The maximum Gasteiger partial charge on any atom is 0.276 e. The zero-order valence-corrected chi connectivity index (χ0v) is 17.0.